The lowest BCUT2D eigenvalue weighted by atomic mass is 9.84. The van der Waals surface area contributed by atoms with E-state index in [1.54, 1.807) is 31.1 Å². The van der Waals surface area contributed by atoms with E-state index in [4.69, 9.17) is 30.1 Å². The Balaban J connectivity index is 0.00000533. The highest BCUT2D eigenvalue weighted by atomic mass is 79.9. The molecule has 0 saturated heterocycles. The molecule has 0 bridgehead atoms. The predicted molar refractivity (Wildman–Crippen MR) is 156 cm³/mol. The van der Waals surface area contributed by atoms with Crippen molar-refractivity contribution in [2.24, 2.45) is 5.73 Å². The number of fused-ring (bicyclic) bond motifs is 1. The molecule has 1 aliphatic rings. The number of rotatable bonds is 13. The van der Waals surface area contributed by atoms with Crippen molar-refractivity contribution < 1.29 is 28.1 Å². The molecule has 3 rings (SSSR count). The molecule has 2 aromatic rings. The van der Waals surface area contributed by atoms with E-state index in [0.717, 1.165) is 18.4 Å². The summed E-state index contributed by atoms with van der Waals surface area (Å²) >= 11 is 0. The Bertz CT molecular complexity index is 1180. The molecule has 39 heavy (non-hydrogen) atoms. The van der Waals surface area contributed by atoms with Crippen molar-refractivity contribution in [1.82, 2.24) is 4.90 Å². The molecule has 0 aromatic heterocycles. The van der Waals surface area contributed by atoms with Crippen LogP contribution in [0.3, 0.4) is 0 Å². The largest absolute Gasteiger partial charge is 0.493 e. The summed E-state index contributed by atoms with van der Waals surface area (Å²) in [6.45, 7) is 11.4. The van der Waals surface area contributed by atoms with Gasteiger partial charge in [-0.3, -0.25) is 10.2 Å². The third-order valence-corrected chi connectivity index (χ3v) is 6.35. The van der Waals surface area contributed by atoms with Gasteiger partial charge in [0.15, 0.2) is 34.6 Å². The number of nitrogens with two attached hydrogens (primary N) is 1. The topological polar surface area (TPSA) is 107 Å². The highest BCUT2D eigenvalue weighted by molar-refractivity contribution is 8.93. The first-order valence-corrected chi connectivity index (χ1v) is 13.1. The van der Waals surface area contributed by atoms with Crippen molar-refractivity contribution in [1.29, 1.82) is 5.41 Å². The molecular formula is C29H41BrFN3O5. The van der Waals surface area contributed by atoms with Crippen LogP contribution < -0.4 is 24.7 Å². The molecule has 10 heteroatoms. The van der Waals surface area contributed by atoms with E-state index >= 15 is 4.39 Å². The summed E-state index contributed by atoms with van der Waals surface area (Å²) in [7, 11) is 1.59. The molecule has 8 nitrogen and oxygen atoms in total. The van der Waals surface area contributed by atoms with Crippen LogP contribution in [0.2, 0.25) is 0 Å². The van der Waals surface area contributed by atoms with Crippen LogP contribution >= 0.6 is 17.0 Å². The van der Waals surface area contributed by atoms with E-state index in [-0.39, 0.29) is 65.0 Å². The number of Topliss-reactive ketones (excluding diaryl/α,β-unsaturated/α-hetero) is 1. The molecule has 0 aliphatic carbocycles. The van der Waals surface area contributed by atoms with Crippen molar-refractivity contribution in [2.45, 2.75) is 59.4 Å². The van der Waals surface area contributed by atoms with E-state index < -0.39 is 5.82 Å². The summed E-state index contributed by atoms with van der Waals surface area (Å²) in [5.41, 5.74) is 7.29. The molecule has 0 spiro atoms. The minimum absolute atomic E-state index is 0. The number of methoxy groups -OCH3 is 1. The number of amidine groups is 1. The fourth-order valence-electron chi connectivity index (χ4n) is 4.49. The van der Waals surface area contributed by atoms with Crippen molar-refractivity contribution in [3.8, 4) is 23.0 Å². The zero-order valence-corrected chi connectivity index (χ0v) is 25.5. The second kappa shape index (κ2) is 14.0. The SMILES string of the molecule is Br.CCOc1cc2c(c(F)c1OCC)C(=N)N(CC(=O)c1cc(OCCCCN)c(OC)c(C(C)(C)C)c1)C2. The van der Waals surface area contributed by atoms with Crippen LogP contribution in [-0.4, -0.2) is 56.5 Å². The first-order valence-electron chi connectivity index (χ1n) is 13.1. The lowest BCUT2D eigenvalue weighted by Gasteiger charge is -2.25. The van der Waals surface area contributed by atoms with Gasteiger partial charge in [0.1, 0.15) is 5.84 Å². The molecule has 0 saturated carbocycles. The number of nitrogens with zero attached hydrogens (tertiary/aromatic N) is 1. The number of hydrogen-bond donors (Lipinski definition) is 2. The molecule has 3 N–H and O–H groups in total. The zero-order valence-electron chi connectivity index (χ0n) is 23.7. The summed E-state index contributed by atoms with van der Waals surface area (Å²) in [4.78, 5) is 15.1. The van der Waals surface area contributed by atoms with Crippen LogP contribution in [0.4, 0.5) is 4.39 Å². The van der Waals surface area contributed by atoms with Gasteiger partial charge in [-0.2, -0.15) is 0 Å². The van der Waals surface area contributed by atoms with Crippen molar-refractivity contribution in [2.75, 3.05) is 40.0 Å². The maximum atomic E-state index is 15.4. The van der Waals surface area contributed by atoms with E-state index in [1.165, 1.54) is 0 Å². The number of carbonyl (C=O) groups is 1. The first-order chi connectivity index (χ1) is 18.1. The first kappa shape index (κ1) is 32.4. The second-order valence-corrected chi connectivity index (χ2v) is 10.2. The fraction of sp³-hybridized carbons (Fsp3) is 0.517. The Morgan fingerprint density at radius 1 is 1.05 bits per heavy atom. The molecule has 0 unspecified atom stereocenters. The average molecular weight is 611 g/mol. The lowest BCUT2D eigenvalue weighted by molar-refractivity contribution is 0.0962. The summed E-state index contributed by atoms with van der Waals surface area (Å²) in [6, 6.07) is 5.21. The van der Waals surface area contributed by atoms with Gasteiger partial charge < -0.3 is 29.6 Å². The number of benzene rings is 2. The highest BCUT2D eigenvalue weighted by Gasteiger charge is 2.33. The smallest absolute Gasteiger partial charge is 0.197 e. The molecule has 2 aromatic carbocycles. The van der Waals surface area contributed by atoms with Crippen molar-refractivity contribution in [3.05, 3.63) is 46.3 Å². The normalized spacial score (nSPS) is 12.6. The third kappa shape index (κ3) is 7.22. The number of carbonyl (C=O) groups excluding carboxylic acids is 1. The van der Waals surface area contributed by atoms with Gasteiger partial charge in [0.2, 0.25) is 0 Å². The molecule has 0 atom stereocenters. The standard InChI is InChI=1S/C29H40FN3O5.BrH/c1-7-36-23-15-19-16-33(28(32)24(19)25(30)27(23)37-8-2)17-21(34)18-13-20(29(3,4)5)26(35-6)22(14-18)38-12-10-9-11-31;/h13-15,32H,7-12,16-17,31H2,1-6H3;1H. The Labute approximate surface area is 241 Å². The van der Waals surface area contributed by atoms with Crippen molar-refractivity contribution in [3.63, 3.8) is 0 Å². The van der Waals surface area contributed by atoms with Crippen LogP contribution in [0.5, 0.6) is 23.0 Å². The van der Waals surface area contributed by atoms with Crippen LogP contribution in [0.15, 0.2) is 18.2 Å². The van der Waals surface area contributed by atoms with E-state index in [2.05, 4.69) is 0 Å². The molecular weight excluding hydrogens is 569 g/mol. The Morgan fingerprint density at radius 2 is 1.72 bits per heavy atom. The van der Waals surface area contributed by atoms with Gasteiger partial charge in [-0.1, -0.05) is 20.8 Å². The maximum absolute atomic E-state index is 15.4. The predicted octanol–water partition coefficient (Wildman–Crippen LogP) is 5.65. The third-order valence-electron chi connectivity index (χ3n) is 6.35. The monoisotopic (exact) mass is 609 g/mol. The van der Waals surface area contributed by atoms with Gasteiger partial charge in [0, 0.05) is 17.7 Å². The molecule has 0 fully saturated rings. The number of hydrogen-bond acceptors (Lipinski definition) is 7. The Hall–Kier alpha value is -2.85. The van der Waals surface area contributed by atoms with Gasteiger partial charge in [-0.25, -0.2) is 4.39 Å². The minimum atomic E-state index is -0.639. The van der Waals surface area contributed by atoms with E-state index in [9.17, 15) is 4.79 Å². The summed E-state index contributed by atoms with van der Waals surface area (Å²) < 4.78 is 38.2. The van der Waals surface area contributed by atoms with Crippen LogP contribution in [0, 0.1) is 11.2 Å². The molecule has 1 heterocycles. The maximum Gasteiger partial charge on any atom is 0.197 e. The van der Waals surface area contributed by atoms with Crippen LogP contribution in [0.25, 0.3) is 0 Å². The summed E-state index contributed by atoms with van der Waals surface area (Å²) in [5, 5.41) is 8.65. The average Bonchev–Trinajstić information content (AvgIpc) is 3.17. The summed E-state index contributed by atoms with van der Waals surface area (Å²) in [5.74, 6) is 0.474. The van der Waals surface area contributed by atoms with E-state index in [0.29, 0.717) is 48.1 Å². The van der Waals surface area contributed by atoms with Gasteiger partial charge in [0.25, 0.3) is 0 Å². The van der Waals surface area contributed by atoms with Gasteiger partial charge in [-0.05, 0) is 62.4 Å². The number of ether oxygens (including phenoxy) is 4. The lowest BCUT2D eigenvalue weighted by Crippen LogP contribution is -2.30. The van der Waals surface area contributed by atoms with Gasteiger partial charge in [-0.15, -0.1) is 17.0 Å². The number of nitrogens with one attached hydrogen (secondary N) is 1. The second-order valence-electron chi connectivity index (χ2n) is 10.2. The van der Waals surface area contributed by atoms with Gasteiger partial charge in [0.05, 0.1) is 39.0 Å². The van der Waals surface area contributed by atoms with Crippen LogP contribution in [0.1, 0.15) is 74.5 Å². The molecule has 216 valence electrons. The highest BCUT2D eigenvalue weighted by Crippen LogP contribution is 2.41. The quantitative estimate of drug-likeness (QED) is 0.223. The summed E-state index contributed by atoms with van der Waals surface area (Å²) in [6.07, 6.45) is 1.61. The fourth-order valence-corrected chi connectivity index (χ4v) is 4.49. The number of unbranched alkanes of at least 4 members (excludes halogenated alkanes) is 1. The Morgan fingerprint density at radius 3 is 2.31 bits per heavy atom. The van der Waals surface area contributed by atoms with Crippen LogP contribution in [-0.2, 0) is 12.0 Å². The van der Waals surface area contributed by atoms with E-state index in [1.807, 2.05) is 33.8 Å². The van der Waals surface area contributed by atoms with Crippen molar-refractivity contribution >= 4 is 28.6 Å². The minimum Gasteiger partial charge on any atom is -0.493 e. The van der Waals surface area contributed by atoms with Gasteiger partial charge >= 0.3 is 0 Å². The molecule has 0 amide bonds. The molecule has 1 aliphatic heterocycles. The Kier molecular flexibility index (Phi) is 11.6. The zero-order chi connectivity index (χ0) is 28.0. The number of halogens is 2. The molecule has 0 radical (unpaired) electrons. The number of ketones is 1.